The average Bonchev–Trinajstić information content (AvgIpc) is 2.90. The van der Waals surface area contributed by atoms with Crippen LogP contribution in [0.1, 0.15) is 33.6 Å². The molecule has 2 heterocycles. The highest BCUT2D eigenvalue weighted by Crippen LogP contribution is 2.27. The van der Waals surface area contributed by atoms with E-state index in [4.69, 9.17) is 9.47 Å². The van der Waals surface area contributed by atoms with Crippen LogP contribution in [0, 0.1) is 20.8 Å². The number of carbonyl (C=O) groups excluding carboxylic acids is 1. The predicted octanol–water partition coefficient (Wildman–Crippen LogP) is 2.63. The summed E-state index contributed by atoms with van der Waals surface area (Å²) in [6.07, 6.45) is 0.669. The summed E-state index contributed by atoms with van der Waals surface area (Å²) in [6, 6.07) is 4.16. The van der Waals surface area contributed by atoms with Crippen molar-refractivity contribution in [1.29, 1.82) is 0 Å². The lowest BCUT2D eigenvalue weighted by Gasteiger charge is -2.30. The number of fused-ring (bicyclic) bond motifs is 1. The Morgan fingerprint density at radius 1 is 1.30 bits per heavy atom. The van der Waals surface area contributed by atoms with E-state index in [1.165, 1.54) is 5.56 Å². The lowest BCUT2D eigenvalue weighted by atomic mass is 10.0. The molecular formula is C18H24N2O3. The predicted molar refractivity (Wildman–Crippen MR) is 90.0 cm³/mol. The molecule has 2 unspecified atom stereocenters. The summed E-state index contributed by atoms with van der Waals surface area (Å²) in [5.74, 6) is -0.0774. The highest BCUT2D eigenvalue weighted by molar-refractivity contribution is 6.02. The van der Waals surface area contributed by atoms with Crippen molar-refractivity contribution in [1.82, 2.24) is 10.3 Å². The van der Waals surface area contributed by atoms with Gasteiger partial charge in [-0.05, 0) is 43.9 Å². The van der Waals surface area contributed by atoms with E-state index < -0.39 is 0 Å². The van der Waals surface area contributed by atoms with Crippen molar-refractivity contribution < 1.29 is 14.3 Å². The van der Waals surface area contributed by atoms with Crippen LogP contribution in [-0.2, 0) is 9.47 Å². The number of nitrogens with one attached hydrogen (secondary N) is 2. The molecule has 0 radical (unpaired) electrons. The van der Waals surface area contributed by atoms with Crippen molar-refractivity contribution in [3.63, 3.8) is 0 Å². The lowest BCUT2D eigenvalue weighted by molar-refractivity contribution is -0.0479. The van der Waals surface area contributed by atoms with E-state index >= 15 is 0 Å². The number of aromatic amines is 1. The topological polar surface area (TPSA) is 63.4 Å². The summed E-state index contributed by atoms with van der Waals surface area (Å²) in [7, 11) is 1.65. The summed E-state index contributed by atoms with van der Waals surface area (Å²) in [5, 5.41) is 4.25. The van der Waals surface area contributed by atoms with E-state index in [9.17, 15) is 4.79 Å². The second-order valence-electron chi connectivity index (χ2n) is 6.29. The second kappa shape index (κ2) is 6.34. The van der Waals surface area contributed by atoms with Gasteiger partial charge in [0, 0.05) is 24.6 Å². The van der Waals surface area contributed by atoms with Crippen molar-refractivity contribution in [3.05, 3.63) is 34.5 Å². The molecular weight excluding hydrogens is 292 g/mol. The number of methoxy groups -OCH3 is 1. The fraction of sp³-hybridized carbons (Fsp3) is 0.500. The summed E-state index contributed by atoms with van der Waals surface area (Å²) < 4.78 is 10.8. The van der Waals surface area contributed by atoms with Crippen LogP contribution in [0.3, 0.4) is 0 Å². The fourth-order valence-corrected chi connectivity index (χ4v) is 3.38. The quantitative estimate of drug-likeness (QED) is 0.915. The van der Waals surface area contributed by atoms with Crippen LogP contribution in [0.25, 0.3) is 10.9 Å². The third-order valence-electron chi connectivity index (χ3n) is 4.77. The smallest absolute Gasteiger partial charge is 0.268 e. The molecule has 1 saturated heterocycles. The highest BCUT2D eigenvalue weighted by Gasteiger charge is 2.28. The van der Waals surface area contributed by atoms with Gasteiger partial charge in [-0.2, -0.15) is 0 Å². The minimum Gasteiger partial charge on any atom is -0.379 e. The van der Waals surface area contributed by atoms with E-state index in [0.29, 0.717) is 18.9 Å². The van der Waals surface area contributed by atoms with Crippen LogP contribution in [-0.4, -0.2) is 43.4 Å². The van der Waals surface area contributed by atoms with Crippen LogP contribution >= 0.6 is 0 Å². The monoisotopic (exact) mass is 316 g/mol. The van der Waals surface area contributed by atoms with Crippen LogP contribution in [0.5, 0.6) is 0 Å². The minimum absolute atomic E-state index is 0.0192. The van der Waals surface area contributed by atoms with Crippen LogP contribution in [0.4, 0.5) is 0 Å². The fourth-order valence-electron chi connectivity index (χ4n) is 3.38. The van der Waals surface area contributed by atoms with Gasteiger partial charge in [0.25, 0.3) is 5.91 Å². The molecule has 2 N–H and O–H groups in total. The van der Waals surface area contributed by atoms with Gasteiger partial charge in [0.05, 0.1) is 12.6 Å². The number of hydrogen-bond donors (Lipinski definition) is 2. The van der Waals surface area contributed by atoms with Gasteiger partial charge in [-0.3, -0.25) is 4.79 Å². The molecule has 1 aromatic heterocycles. The van der Waals surface area contributed by atoms with Gasteiger partial charge < -0.3 is 19.8 Å². The number of aromatic nitrogens is 1. The molecule has 0 aliphatic carbocycles. The molecule has 0 bridgehead atoms. The van der Waals surface area contributed by atoms with Crippen LogP contribution in [0.2, 0.25) is 0 Å². The molecule has 1 aliphatic rings. The molecule has 2 atom stereocenters. The van der Waals surface area contributed by atoms with Gasteiger partial charge in [-0.1, -0.05) is 12.1 Å². The van der Waals surface area contributed by atoms with Gasteiger partial charge >= 0.3 is 0 Å². The molecule has 3 rings (SSSR count). The Labute approximate surface area is 136 Å². The van der Waals surface area contributed by atoms with Crippen molar-refractivity contribution in [2.75, 3.05) is 20.3 Å². The van der Waals surface area contributed by atoms with Gasteiger partial charge in [0.2, 0.25) is 0 Å². The van der Waals surface area contributed by atoms with Crippen molar-refractivity contribution in [2.45, 2.75) is 39.3 Å². The highest BCUT2D eigenvalue weighted by atomic mass is 16.5. The minimum atomic E-state index is -0.0964. The second-order valence-corrected chi connectivity index (χ2v) is 6.29. The first-order valence-corrected chi connectivity index (χ1v) is 8.02. The molecule has 23 heavy (non-hydrogen) atoms. The molecule has 2 aromatic rings. The first kappa shape index (κ1) is 16.0. The number of aryl methyl sites for hydroxylation is 3. The van der Waals surface area contributed by atoms with Crippen molar-refractivity contribution in [3.8, 4) is 0 Å². The van der Waals surface area contributed by atoms with E-state index in [-0.39, 0.29) is 18.1 Å². The molecule has 1 amide bonds. The summed E-state index contributed by atoms with van der Waals surface area (Å²) in [6.45, 7) is 7.29. The molecule has 1 fully saturated rings. The Kier molecular flexibility index (Phi) is 4.41. The average molecular weight is 316 g/mol. The number of amides is 1. The molecule has 124 valence electrons. The summed E-state index contributed by atoms with van der Waals surface area (Å²) in [4.78, 5) is 16.1. The zero-order valence-corrected chi connectivity index (χ0v) is 14.2. The van der Waals surface area contributed by atoms with Gasteiger partial charge in [-0.15, -0.1) is 0 Å². The van der Waals surface area contributed by atoms with Crippen LogP contribution in [0.15, 0.2) is 12.1 Å². The van der Waals surface area contributed by atoms with Gasteiger partial charge in [0.1, 0.15) is 11.8 Å². The number of H-pyrrole nitrogens is 1. The van der Waals surface area contributed by atoms with E-state index in [1.807, 2.05) is 6.92 Å². The SMILES string of the molecule is COC1COCCC1NC(=O)c1[nH]c2c(C)ccc(C)c2c1C. The number of carbonyl (C=O) groups is 1. The van der Waals surface area contributed by atoms with Gasteiger partial charge in [-0.25, -0.2) is 0 Å². The normalized spacial score (nSPS) is 21.6. The molecule has 0 saturated carbocycles. The first-order chi connectivity index (χ1) is 11.0. The Morgan fingerprint density at radius 3 is 2.74 bits per heavy atom. The first-order valence-electron chi connectivity index (χ1n) is 8.02. The van der Waals surface area contributed by atoms with Crippen LogP contribution < -0.4 is 5.32 Å². The zero-order chi connectivity index (χ0) is 16.6. The number of hydrogen-bond acceptors (Lipinski definition) is 3. The zero-order valence-electron chi connectivity index (χ0n) is 14.2. The maximum atomic E-state index is 12.7. The Hall–Kier alpha value is -1.85. The third kappa shape index (κ3) is 2.86. The third-order valence-corrected chi connectivity index (χ3v) is 4.77. The lowest BCUT2D eigenvalue weighted by Crippen LogP contribution is -2.49. The Morgan fingerprint density at radius 2 is 2.04 bits per heavy atom. The van der Waals surface area contributed by atoms with Gasteiger partial charge in [0.15, 0.2) is 0 Å². The number of benzene rings is 1. The summed E-state index contributed by atoms with van der Waals surface area (Å²) in [5.41, 5.74) is 5.01. The number of rotatable bonds is 3. The maximum Gasteiger partial charge on any atom is 0.268 e. The van der Waals surface area contributed by atoms with Crippen molar-refractivity contribution in [2.24, 2.45) is 0 Å². The molecule has 1 aromatic carbocycles. The van der Waals surface area contributed by atoms with E-state index in [2.05, 4.69) is 36.3 Å². The Balaban J connectivity index is 1.91. The standard InChI is InChI=1S/C18H24N2O3/c1-10-5-6-11(2)16-15(10)12(3)17(20-16)18(21)19-13-7-8-23-9-14(13)22-4/h5-6,13-14,20H,7-9H2,1-4H3,(H,19,21). The van der Waals surface area contributed by atoms with E-state index in [1.54, 1.807) is 7.11 Å². The molecule has 0 spiro atoms. The maximum absolute atomic E-state index is 12.7. The molecule has 5 heteroatoms. The molecule has 1 aliphatic heterocycles. The largest absolute Gasteiger partial charge is 0.379 e. The Bertz CT molecular complexity index is 735. The number of ether oxygens (including phenoxy) is 2. The molecule has 5 nitrogen and oxygen atoms in total. The van der Waals surface area contributed by atoms with E-state index in [0.717, 1.165) is 28.5 Å². The van der Waals surface area contributed by atoms with Crippen molar-refractivity contribution >= 4 is 16.8 Å². The summed E-state index contributed by atoms with van der Waals surface area (Å²) >= 11 is 0.